The predicted molar refractivity (Wildman–Crippen MR) is 66.1 cm³/mol. The van der Waals surface area contributed by atoms with Crippen LogP contribution in [0.15, 0.2) is 32.7 Å². The van der Waals surface area contributed by atoms with Crippen LogP contribution in [0.1, 0.15) is 0 Å². The maximum Gasteiger partial charge on any atom is 0.337 e. The van der Waals surface area contributed by atoms with Gasteiger partial charge in [-0.2, -0.15) is 0 Å². The molecule has 0 spiro atoms. The van der Waals surface area contributed by atoms with Crippen molar-refractivity contribution in [3.05, 3.63) is 43.8 Å². The Morgan fingerprint density at radius 3 is 2.47 bits per heavy atom. The number of hydrogen-bond donors (Lipinski definition) is 0. The zero-order valence-electron chi connectivity index (χ0n) is 8.06. The monoisotopic (exact) mass is 288 g/mol. The summed E-state index contributed by atoms with van der Waals surface area (Å²) in [7, 11) is 0. The number of nitrogens with zero attached hydrogens (tertiary/aromatic N) is 2. The molecule has 0 bridgehead atoms. The lowest BCUT2D eigenvalue weighted by Crippen LogP contribution is -1.84. The van der Waals surface area contributed by atoms with E-state index < -0.39 is 9.85 Å². The molecule has 88 valence electrons. The zero-order chi connectivity index (χ0) is 12.4. The summed E-state index contributed by atoms with van der Waals surface area (Å²) < 4.78 is 0.665. The van der Waals surface area contributed by atoms with Gasteiger partial charge in [0.2, 0.25) is 0 Å². The summed E-state index contributed by atoms with van der Waals surface area (Å²) in [6, 6.07) is 4.62. The molecule has 0 N–H and O–H groups in total. The summed E-state index contributed by atoms with van der Waals surface area (Å²) in [5.41, 5.74) is 0. The Bertz CT molecular complexity index is 577. The second-order valence-electron chi connectivity index (χ2n) is 2.80. The summed E-state index contributed by atoms with van der Waals surface area (Å²) in [6.45, 7) is 0. The molecule has 0 saturated carbocycles. The Morgan fingerprint density at radius 2 is 1.88 bits per heavy atom. The highest BCUT2D eigenvalue weighted by molar-refractivity contribution is 8.01. The van der Waals surface area contributed by atoms with Crippen LogP contribution in [0.5, 0.6) is 0 Å². The van der Waals surface area contributed by atoms with Gasteiger partial charge < -0.3 is 0 Å². The van der Waals surface area contributed by atoms with Crippen LogP contribution in [0.2, 0.25) is 0 Å². The lowest BCUT2D eigenvalue weighted by molar-refractivity contribution is -0.382. The Labute approximate surface area is 107 Å². The smallest absolute Gasteiger partial charge is 0.258 e. The Kier molecular flexibility index (Phi) is 3.41. The SMILES string of the molecule is O=[N+]([O-])c1ccc(Sc2ccsc2[N+](=O)[O-])s1. The third kappa shape index (κ3) is 2.62. The largest absolute Gasteiger partial charge is 0.337 e. The summed E-state index contributed by atoms with van der Waals surface area (Å²) in [6.07, 6.45) is 0. The van der Waals surface area contributed by atoms with Crippen LogP contribution in [0.4, 0.5) is 10.0 Å². The number of hydrogen-bond acceptors (Lipinski definition) is 7. The molecule has 0 radical (unpaired) electrons. The van der Waals surface area contributed by atoms with Crippen LogP contribution >= 0.6 is 34.4 Å². The molecule has 2 heterocycles. The van der Waals surface area contributed by atoms with E-state index in [2.05, 4.69) is 0 Å². The Morgan fingerprint density at radius 1 is 1.12 bits per heavy atom. The van der Waals surface area contributed by atoms with Crippen molar-refractivity contribution >= 4 is 44.4 Å². The van der Waals surface area contributed by atoms with Gasteiger partial charge in [0.05, 0.1) is 14.1 Å². The first-order valence-corrected chi connectivity index (χ1v) is 6.73. The molecule has 0 saturated heterocycles. The summed E-state index contributed by atoms with van der Waals surface area (Å²) in [4.78, 5) is 20.8. The first-order valence-electron chi connectivity index (χ1n) is 4.22. The van der Waals surface area contributed by atoms with E-state index in [1.54, 1.807) is 17.5 Å². The van der Waals surface area contributed by atoms with Crippen molar-refractivity contribution in [2.75, 3.05) is 0 Å². The molecule has 0 aromatic carbocycles. The summed E-state index contributed by atoms with van der Waals surface area (Å²) in [5, 5.41) is 22.9. The molecule has 0 aliphatic carbocycles. The second kappa shape index (κ2) is 4.82. The van der Waals surface area contributed by atoms with E-state index in [0.29, 0.717) is 9.10 Å². The molecule has 0 fully saturated rings. The van der Waals surface area contributed by atoms with E-state index in [1.165, 1.54) is 17.8 Å². The first kappa shape index (κ1) is 12.0. The Balaban J connectivity index is 2.22. The average molecular weight is 288 g/mol. The van der Waals surface area contributed by atoms with Gasteiger partial charge in [-0.05, 0) is 17.5 Å². The molecule has 0 aliphatic rings. The van der Waals surface area contributed by atoms with Crippen molar-refractivity contribution in [2.24, 2.45) is 0 Å². The highest BCUT2D eigenvalue weighted by atomic mass is 32.2. The average Bonchev–Trinajstić information content (AvgIpc) is 2.86. The molecular weight excluding hydrogens is 284 g/mol. The van der Waals surface area contributed by atoms with Gasteiger partial charge in [-0.15, -0.1) is 0 Å². The molecule has 6 nitrogen and oxygen atoms in total. The van der Waals surface area contributed by atoms with Gasteiger partial charge in [0, 0.05) is 6.07 Å². The van der Waals surface area contributed by atoms with Crippen LogP contribution in [0.3, 0.4) is 0 Å². The van der Waals surface area contributed by atoms with Crippen LogP contribution in [-0.4, -0.2) is 9.85 Å². The van der Waals surface area contributed by atoms with Gasteiger partial charge in [0.1, 0.15) is 4.90 Å². The maximum atomic E-state index is 10.7. The third-order valence-corrected chi connectivity index (χ3v) is 4.95. The minimum Gasteiger partial charge on any atom is -0.258 e. The van der Waals surface area contributed by atoms with Crippen molar-refractivity contribution in [1.82, 2.24) is 0 Å². The van der Waals surface area contributed by atoms with Crippen molar-refractivity contribution in [1.29, 1.82) is 0 Å². The number of nitro groups is 2. The first-order chi connectivity index (χ1) is 8.08. The molecule has 0 amide bonds. The molecule has 0 unspecified atom stereocenters. The van der Waals surface area contributed by atoms with E-state index in [1.807, 2.05) is 0 Å². The molecule has 2 aromatic rings. The maximum absolute atomic E-state index is 10.7. The lowest BCUT2D eigenvalue weighted by Gasteiger charge is -1.93. The summed E-state index contributed by atoms with van der Waals surface area (Å²) in [5.74, 6) is 0. The molecular formula is C8H4N2O4S3. The van der Waals surface area contributed by atoms with Gasteiger partial charge in [0.25, 0.3) is 0 Å². The van der Waals surface area contributed by atoms with Crippen molar-refractivity contribution < 1.29 is 9.85 Å². The zero-order valence-corrected chi connectivity index (χ0v) is 10.5. The van der Waals surface area contributed by atoms with Crippen LogP contribution in [0, 0.1) is 20.2 Å². The second-order valence-corrected chi connectivity index (χ2v) is 6.10. The van der Waals surface area contributed by atoms with E-state index >= 15 is 0 Å². The third-order valence-electron chi connectivity index (χ3n) is 1.73. The molecule has 0 atom stereocenters. The quantitative estimate of drug-likeness (QED) is 0.631. The minimum atomic E-state index is -0.475. The van der Waals surface area contributed by atoms with Crippen LogP contribution in [-0.2, 0) is 0 Å². The fourth-order valence-corrected chi connectivity index (χ4v) is 3.93. The molecule has 17 heavy (non-hydrogen) atoms. The minimum absolute atomic E-state index is 0.0328. The molecule has 2 rings (SSSR count). The van der Waals surface area contributed by atoms with Crippen LogP contribution in [0.25, 0.3) is 0 Å². The molecule has 2 aromatic heterocycles. The highest BCUT2D eigenvalue weighted by Gasteiger charge is 2.18. The van der Waals surface area contributed by atoms with E-state index in [0.717, 1.165) is 22.7 Å². The van der Waals surface area contributed by atoms with Gasteiger partial charge in [-0.1, -0.05) is 34.4 Å². The van der Waals surface area contributed by atoms with Gasteiger partial charge >= 0.3 is 10.0 Å². The lowest BCUT2D eigenvalue weighted by atomic mass is 10.6. The van der Waals surface area contributed by atoms with E-state index in [-0.39, 0.29) is 10.0 Å². The van der Waals surface area contributed by atoms with Crippen LogP contribution < -0.4 is 0 Å². The van der Waals surface area contributed by atoms with Gasteiger partial charge in [0.15, 0.2) is 0 Å². The van der Waals surface area contributed by atoms with Crippen molar-refractivity contribution in [3.8, 4) is 0 Å². The fraction of sp³-hybridized carbons (Fsp3) is 0. The predicted octanol–water partition coefficient (Wildman–Crippen LogP) is 3.78. The number of rotatable bonds is 4. The fourth-order valence-electron chi connectivity index (χ4n) is 1.07. The van der Waals surface area contributed by atoms with Crippen molar-refractivity contribution in [2.45, 2.75) is 9.10 Å². The topological polar surface area (TPSA) is 86.3 Å². The number of thiophene rings is 2. The van der Waals surface area contributed by atoms with E-state index in [4.69, 9.17) is 0 Å². The normalized spacial score (nSPS) is 10.4. The molecule has 0 aliphatic heterocycles. The van der Waals surface area contributed by atoms with Gasteiger partial charge in [-0.25, -0.2) is 0 Å². The standard InChI is InChI=1S/C8H4N2O4S3/c11-9(12)6-1-2-7(17-6)16-5-3-4-15-8(5)10(13)14/h1-4H. The van der Waals surface area contributed by atoms with Gasteiger partial charge in [-0.3, -0.25) is 20.2 Å². The summed E-state index contributed by atoms with van der Waals surface area (Å²) >= 11 is 3.22. The molecule has 9 heteroatoms. The van der Waals surface area contributed by atoms with E-state index in [9.17, 15) is 20.2 Å². The Hall–Kier alpha value is -1.45. The highest BCUT2D eigenvalue weighted by Crippen LogP contribution is 2.42. The van der Waals surface area contributed by atoms with Crippen molar-refractivity contribution in [3.63, 3.8) is 0 Å².